The van der Waals surface area contributed by atoms with Crippen molar-refractivity contribution in [2.75, 3.05) is 13.1 Å². The van der Waals surface area contributed by atoms with Crippen LogP contribution in [0.3, 0.4) is 0 Å². The highest BCUT2D eigenvalue weighted by Gasteiger charge is 2.29. The van der Waals surface area contributed by atoms with E-state index in [0.29, 0.717) is 17.5 Å². The molecule has 1 saturated heterocycles. The van der Waals surface area contributed by atoms with Crippen LogP contribution in [0, 0.1) is 12.8 Å². The van der Waals surface area contributed by atoms with Crippen LogP contribution in [-0.2, 0) is 6.54 Å². The Morgan fingerprint density at radius 2 is 2.15 bits per heavy atom. The molecule has 3 aromatic rings. The lowest BCUT2D eigenvalue weighted by atomic mass is 9.98. The zero-order valence-electron chi connectivity index (χ0n) is 15.6. The molecule has 1 aliphatic carbocycles. The maximum absolute atomic E-state index is 13.0. The fourth-order valence-corrected chi connectivity index (χ4v) is 4.05. The predicted molar refractivity (Wildman–Crippen MR) is 101 cm³/mol. The lowest BCUT2D eigenvalue weighted by Gasteiger charge is -2.32. The minimum absolute atomic E-state index is 0.0278. The zero-order valence-corrected chi connectivity index (χ0v) is 15.6. The topological polar surface area (TPSA) is 68.3 Å². The number of imidazole rings is 1. The monoisotopic (exact) mass is 364 g/mol. The second-order valence-corrected chi connectivity index (χ2v) is 7.95. The van der Waals surface area contributed by atoms with E-state index in [4.69, 9.17) is 0 Å². The third-order valence-corrected chi connectivity index (χ3v) is 5.70. The number of pyridine rings is 1. The molecule has 0 aromatic carbocycles. The second-order valence-electron chi connectivity index (χ2n) is 7.95. The van der Waals surface area contributed by atoms with Crippen LogP contribution in [-0.4, -0.2) is 48.3 Å². The number of nitrogens with zero attached hydrogens (tertiary/aromatic N) is 6. The van der Waals surface area contributed by atoms with Gasteiger partial charge in [-0.2, -0.15) is 0 Å². The van der Waals surface area contributed by atoms with Crippen LogP contribution >= 0.6 is 0 Å². The molecule has 7 nitrogen and oxygen atoms in total. The number of amides is 1. The number of aryl methyl sites for hydroxylation is 1. The normalized spacial score (nSPS) is 20.3. The SMILES string of the molecule is Cc1cccn2cc(C(=O)N3CCC[C@H](Cn4cc(C5CC5)nn4)C3)nc12. The second kappa shape index (κ2) is 6.48. The third-order valence-electron chi connectivity index (χ3n) is 5.70. The molecule has 1 aliphatic heterocycles. The van der Waals surface area contributed by atoms with Crippen LogP contribution in [0.2, 0.25) is 0 Å². The number of aromatic nitrogens is 5. The molecule has 0 radical (unpaired) electrons. The predicted octanol–water partition coefficient (Wildman–Crippen LogP) is 2.66. The van der Waals surface area contributed by atoms with Crippen LogP contribution in [0.15, 0.2) is 30.7 Å². The summed E-state index contributed by atoms with van der Waals surface area (Å²) in [4.78, 5) is 19.5. The Morgan fingerprint density at radius 3 is 2.96 bits per heavy atom. The Morgan fingerprint density at radius 1 is 1.26 bits per heavy atom. The molecule has 0 bridgehead atoms. The van der Waals surface area contributed by atoms with Gasteiger partial charge in [-0.05, 0) is 50.2 Å². The number of carbonyl (C=O) groups excluding carboxylic acids is 1. The van der Waals surface area contributed by atoms with E-state index >= 15 is 0 Å². The molecule has 4 heterocycles. The first-order chi connectivity index (χ1) is 13.2. The number of piperidine rings is 1. The average molecular weight is 364 g/mol. The number of carbonyl (C=O) groups is 1. The van der Waals surface area contributed by atoms with Gasteiger partial charge in [0.05, 0.1) is 5.69 Å². The summed E-state index contributed by atoms with van der Waals surface area (Å²) in [5.74, 6) is 1.07. The molecule has 27 heavy (non-hydrogen) atoms. The third kappa shape index (κ3) is 3.22. The van der Waals surface area contributed by atoms with Crippen molar-refractivity contribution in [3.63, 3.8) is 0 Å². The highest BCUT2D eigenvalue weighted by Crippen LogP contribution is 2.38. The average Bonchev–Trinajstić information content (AvgIpc) is 3.26. The summed E-state index contributed by atoms with van der Waals surface area (Å²) in [7, 11) is 0. The first kappa shape index (κ1) is 16.5. The largest absolute Gasteiger partial charge is 0.337 e. The molecule has 0 spiro atoms. The molecular weight excluding hydrogens is 340 g/mol. The first-order valence-corrected chi connectivity index (χ1v) is 9.81. The van der Waals surface area contributed by atoms with Gasteiger partial charge in [0.1, 0.15) is 11.3 Å². The summed E-state index contributed by atoms with van der Waals surface area (Å²) >= 11 is 0. The van der Waals surface area contributed by atoms with E-state index in [-0.39, 0.29) is 5.91 Å². The van der Waals surface area contributed by atoms with Crippen LogP contribution in [0.25, 0.3) is 5.65 Å². The van der Waals surface area contributed by atoms with Gasteiger partial charge < -0.3 is 9.30 Å². The Labute approximate surface area is 158 Å². The van der Waals surface area contributed by atoms with E-state index in [2.05, 4.69) is 21.5 Å². The van der Waals surface area contributed by atoms with Crippen LogP contribution in [0.5, 0.6) is 0 Å². The van der Waals surface area contributed by atoms with Gasteiger partial charge in [0.25, 0.3) is 5.91 Å². The smallest absolute Gasteiger partial charge is 0.274 e. The Hall–Kier alpha value is -2.70. The van der Waals surface area contributed by atoms with Crippen molar-refractivity contribution < 1.29 is 4.79 Å². The van der Waals surface area contributed by atoms with Gasteiger partial charge in [-0.15, -0.1) is 5.10 Å². The van der Waals surface area contributed by atoms with Crippen molar-refractivity contribution in [1.29, 1.82) is 0 Å². The van der Waals surface area contributed by atoms with Gasteiger partial charge in [0.2, 0.25) is 0 Å². The molecule has 1 atom stereocenters. The standard InChI is InChI=1S/C20H24N6O/c1-14-4-2-8-24-12-18(21-19(14)24)20(27)25-9-3-5-15(10-25)11-26-13-17(22-23-26)16-6-7-16/h2,4,8,12-13,15-16H,3,5-7,9-11H2,1H3/t15-/m0/s1. The van der Waals surface area contributed by atoms with Crippen molar-refractivity contribution in [3.8, 4) is 0 Å². The first-order valence-electron chi connectivity index (χ1n) is 9.81. The Kier molecular flexibility index (Phi) is 3.95. The Bertz CT molecular complexity index is 985. The van der Waals surface area contributed by atoms with E-state index < -0.39 is 0 Å². The van der Waals surface area contributed by atoms with Gasteiger partial charge in [-0.1, -0.05) is 11.3 Å². The van der Waals surface area contributed by atoms with E-state index in [1.165, 1.54) is 12.8 Å². The number of hydrogen-bond donors (Lipinski definition) is 0. The van der Waals surface area contributed by atoms with Crippen molar-refractivity contribution in [2.45, 2.75) is 45.1 Å². The van der Waals surface area contributed by atoms with E-state index in [1.54, 1.807) is 0 Å². The highest BCUT2D eigenvalue weighted by atomic mass is 16.2. The van der Waals surface area contributed by atoms with Crippen LogP contribution in [0.4, 0.5) is 0 Å². The van der Waals surface area contributed by atoms with Crippen LogP contribution < -0.4 is 0 Å². The molecule has 1 saturated carbocycles. The van der Waals surface area contributed by atoms with E-state index in [9.17, 15) is 4.79 Å². The lowest BCUT2D eigenvalue weighted by Crippen LogP contribution is -2.41. The maximum atomic E-state index is 13.0. The summed E-state index contributed by atoms with van der Waals surface area (Å²) in [5.41, 5.74) is 3.58. The minimum Gasteiger partial charge on any atom is -0.337 e. The molecule has 7 heteroatoms. The van der Waals surface area contributed by atoms with Gasteiger partial charge in [-0.25, -0.2) is 4.98 Å². The lowest BCUT2D eigenvalue weighted by molar-refractivity contribution is 0.0654. The molecular formula is C20H24N6O. The molecule has 2 fully saturated rings. The summed E-state index contributed by atoms with van der Waals surface area (Å²) in [6.45, 7) is 4.40. The zero-order chi connectivity index (χ0) is 18.4. The summed E-state index contributed by atoms with van der Waals surface area (Å²) < 4.78 is 3.89. The van der Waals surface area contributed by atoms with E-state index in [0.717, 1.165) is 49.4 Å². The summed E-state index contributed by atoms with van der Waals surface area (Å²) in [6.07, 6.45) is 10.5. The molecule has 5 rings (SSSR count). The van der Waals surface area contributed by atoms with Crippen molar-refractivity contribution in [2.24, 2.45) is 5.92 Å². The van der Waals surface area contributed by atoms with Crippen molar-refractivity contribution >= 4 is 11.6 Å². The molecule has 0 unspecified atom stereocenters. The number of rotatable bonds is 4. The van der Waals surface area contributed by atoms with E-state index in [1.807, 2.05) is 45.4 Å². The number of likely N-dealkylation sites (tertiary alicyclic amines) is 1. The van der Waals surface area contributed by atoms with Crippen molar-refractivity contribution in [1.82, 2.24) is 29.3 Å². The maximum Gasteiger partial charge on any atom is 0.274 e. The molecule has 140 valence electrons. The van der Waals surface area contributed by atoms with Gasteiger partial charge >= 0.3 is 0 Å². The Balaban J connectivity index is 1.29. The number of hydrogen-bond acceptors (Lipinski definition) is 4. The molecule has 2 aliphatic rings. The summed E-state index contributed by atoms with van der Waals surface area (Å²) in [5, 5.41) is 8.58. The van der Waals surface area contributed by atoms with Gasteiger partial charge in [-0.3, -0.25) is 9.48 Å². The molecule has 1 amide bonds. The van der Waals surface area contributed by atoms with Crippen molar-refractivity contribution in [3.05, 3.63) is 47.7 Å². The fraction of sp³-hybridized carbons (Fsp3) is 0.500. The molecule has 3 aromatic heterocycles. The minimum atomic E-state index is 0.0278. The van der Waals surface area contributed by atoms with Gasteiger partial charge in [0.15, 0.2) is 0 Å². The fourth-order valence-electron chi connectivity index (χ4n) is 4.05. The quantitative estimate of drug-likeness (QED) is 0.714. The van der Waals surface area contributed by atoms with Gasteiger partial charge in [0, 0.05) is 44.1 Å². The number of fused-ring (bicyclic) bond motifs is 1. The molecule has 0 N–H and O–H groups in total. The van der Waals surface area contributed by atoms with Crippen LogP contribution in [0.1, 0.15) is 53.3 Å². The highest BCUT2D eigenvalue weighted by molar-refractivity contribution is 5.93. The summed E-state index contributed by atoms with van der Waals surface area (Å²) in [6, 6.07) is 3.99.